The Labute approximate surface area is 148 Å². The standard InChI is InChI=1S/C17H37ClNO.BrH/c1-4-5-6-7-8-9-10-11-12-13-14-19(2,3)16-17(20)15-18;/h17,20H,4-16H2,1-3H3;1H/q+1;/p-1. The van der Waals surface area contributed by atoms with Crippen molar-refractivity contribution in [2.75, 3.05) is 33.1 Å². The number of alkyl halides is 1. The van der Waals surface area contributed by atoms with Crippen molar-refractivity contribution < 1.29 is 26.6 Å². The third kappa shape index (κ3) is 16.9. The molecule has 0 heterocycles. The zero-order valence-corrected chi connectivity index (χ0v) is 16.8. The SMILES string of the molecule is CCCCCCCCCCCC[N+](C)(C)CC(O)CCl.[Br-]. The third-order valence-electron chi connectivity index (χ3n) is 4.00. The smallest absolute Gasteiger partial charge is 0.116 e. The number of aliphatic hydroxyl groups is 1. The van der Waals surface area contributed by atoms with E-state index in [0.717, 1.165) is 17.6 Å². The lowest BCUT2D eigenvalue weighted by molar-refractivity contribution is -0.893. The first kappa shape index (κ1) is 23.9. The number of nitrogens with zero attached hydrogens (tertiary/aromatic N) is 1. The number of hydrogen-bond acceptors (Lipinski definition) is 1. The Hall–Kier alpha value is 0.690. The number of halogens is 2. The summed E-state index contributed by atoms with van der Waals surface area (Å²) in [6.45, 7) is 4.18. The molecule has 1 unspecified atom stereocenters. The number of hydrogen-bond donors (Lipinski definition) is 1. The van der Waals surface area contributed by atoms with Crippen molar-refractivity contribution in [1.29, 1.82) is 0 Å². The van der Waals surface area contributed by atoms with Crippen molar-refractivity contribution in [2.24, 2.45) is 0 Å². The van der Waals surface area contributed by atoms with E-state index in [1.54, 1.807) is 0 Å². The van der Waals surface area contributed by atoms with Crippen LogP contribution in [0.2, 0.25) is 0 Å². The van der Waals surface area contributed by atoms with Crippen LogP contribution in [0.1, 0.15) is 71.1 Å². The zero-order valence-electron chi connectivity index (χ0n) is 14.4. The number of rotatable bonds is 14. The molecular formula is C17H37BrClNO. The maximum atomic E-state index is 9.61. The van der Waals surface area contributed by atoms with Crippen LogP contribution in [0.15, 0.2) is 0 Å². The van der Waals surface area contributed by atoms with Crippen LogP contribution in [0.5, 0.6) is 0 Å². The summed E-state index contributed by atoms with van der Waals surface area (Å²) in [4.78, 5) is 0. The summed E-state index contributed by atoms with van der Waals surface area (Å²) in [5, 5.41) is 9.61. The summed E-state index contributed by atoms with van der Waals surface area (Å²) in [5.74, 6) is 0.347. The van der Waals surface area contributed by atoms with E-state index in [2.05, 4.69) is 21.0 Å². The van der Waals surface area contributed by atoms with Crippen LogP contribution >= 0.6 is 11.6 Å². The first-order valence-electron chi connectivity index (χ1n) is 8.58. The van der Waals surface area contributed by atoms with Crippen LogP contribution in [0.3, 0.4) is 0 Å². The van der Waals surface area contributed by atoms with Gasteiger partial charge in [0.1, 0.15) is 12.6 Å². The molecule has 0 spiro atoms. The van der Waals surface area contributed by atoms with Gasteiger partial charge < -0.3 is 26.6 Å². The van der Waals surface area contributed by atoms with E-state index in [9.17, 15) is 5.11 Å². The third-order valence-corrected chi connectivity index (χ3v) is 4.36. The van der Waals surface area contributed by atoms with Crippen LogP contribution in [0.25, 0.3) is 0 Å². The predicted octanol–water partition coefficient (Wildman–Crippen LogP) is 1.59. The van der Waals surface area contributed by atoms with E-state index in [4.69, 9.17) is 11.6 Å². The quantitative estimate of drug-likeness (QED) is 0.273. The molecule has 21 heavy (non-hydrogen) atoms. The molecule has 2 nitrogen and oxygen atoms in total. The molecule has 0 saturated heterocycles. The zero-order chi connectivity index (χ0) is 15.3. The molecule has 0 aromatic carbocycles. The minimum atomic E-state index is -0.366. The molecule has 0 aliphatic heterocycles. The molecule has 0 radical (unpaired) electrons. The summed E-state index contributed by atoms with van der Waals surface area (Å²) in [6, 6.07) is 0. The van der Waals surface area contributed by atoms with Gasteiger partial charge in [0.25, 0.3) is 0 Å². The van der Waals surface area contributed by atoms with Crippen LogP contribution in [0.4, 0.5) is 0 Å². The highest BCUT2D eigenvalue weighted by molar-refractivity contribution is 6.18. The number of likely N-dealkylation sites (N-methyl/N-ethyl adjacent to an activating group) is 1. The Balaban J connectivity index is 0. The largest absolute Gasteiger partial charge is 1.00 e. The fourth-order valence-corrected chi connectivity index (χ4v) is 2.84. The summed E-state index contributed by atoms with van der Waals surface area (Å²) in [6.07, 6.45) is 13.4. The van der Waals surface area contributed by atoms with Gasteiger partial charge in [-0.3, -0.25) is 0 Å². The average molecular weight is 387 g/mol. The van der Waals surface area contributed by atoms with Crippen LogP contribution in [-0.2, 0) is 0 Å². The van der Waals surface area contributed by atoms with Crippen molar-refractivity contribution in [2.45, 2.75) is 77.2 Å². The van der Waals surface area contributed by atoms with Crippen LogP contribution < -0.4 is 17.0 Å². The Bertz CT molecular complexity index is 215. The monoisotopic (exact) mass is 385 g/mol. The van der Waals surface area contributed by atoms with Crippen molar-refractivity contribution in [1.82, 2.24) is 0 Å². The molecule has 1 atom stereocenters. The summed E-state index contributed by atoms with van der Waals surface area (Å²) in [7, 11) is 4.37. The van der Waals surface area contributed by atoms with E-state index in [1.165, 1.54) is 64.2 Å². The minimum Gasteiger partial charge on any atom is -1.00 e. The van der Waals surface area contributed by atoms with Gasteiger partial charge in [0.2, 0.25) is 0 Å². The molecule has 0 bridgehead atoms. The van der Waals surface area contributed by atoms with Crippen LogP contribution in [-0.4, -0.2) is 48.8 Å². The fourth-order valence-electron chi connectivity index (χ4n) is 2.74. The summed E-state index contributed by atoms with van der Waals surface area (Å²) in [5.41, 5.74) is 0. The molecule has 0 rings (SSSR count). The minimum absolute atomic E-state index is 0. The second-order valence-corrected chi connectivity index (χ2v) is 7.14. The summed E-state index contributed by atoms with van der Waals surface area (Å²) < 4.78 is 0.880. The first-order chi connectivity index (χ1) is 9.52. The maximum absolute atomic E-state index is 9.61. The fraction of sp³-hybridized carbons (Fsp3) is 1.00. The van der Waals surface area contributed by atoms with E-state index < -0.39 is 0 Å². The Morgan fingerprint density at radius 1 is 0.857 bits per heavy atom. The second-order valence-electron chi connectivity index (χ2n) is 6.83. The lowest BCUT2D eigenvalue weighted by atomic mass is 10.1. The van der Waals surface area contributed by atoms with Gasteiger partial charge in [-0.05, 0) is 12.8 Å². The molecule has 0 amide bonds. The number of aliphatic hydroxyl groups excluding tert-OH is 1. The van der Waals surface area contributed by atoms with E-state index in [0.29, 0.717) is 5.88 Å². The van der Waals surface area contributed by atoms with Gasteiger partial charge in [-0.2, -0.15) is 0 Å². The topological polar surface area (TPSA) is 20.2 Å². The molecule has 1 N–H and O–H groups in total. The maximum Gasteiger partial charge on any atom is 0.116 e. The number of unbranched alkanes of at least 4 members (excludes halogenated alkanes) is 9. The molecule has 0 aliphatic carbocycles. The normalized spacial score (nSPS) is 13.0. The first-order valence-corrected chi connectivity index (χ1v) is 9.11. The van der Waals surface area contributed by atoms with Gasteiger partial charge in [0.15, 0.2) is 0 Å². The molecule has 130 valence electrons. The van der Waals surface area contributed by atoms with Gasteiger partial charge in [-0.1, -0.05) is 58.3 Å². The van der Waals surface area contributed by atoms with E-state index >= 15 is 0 Å². The van der Waals surface area contributed by atoms with Gasteiger partial charge in [0, 0.05) is 0 Å². The van der Waals surface area contributed by atoms with Gasteiger partial charge >= 0.3 is 0 Å². The highest BCUT2D eigenvalue weighted by atomic mass is 79.9. The van der Waals surface area contributed by atoms with Crippen LogP contribution in [0, 0.1) is 0 Å². The second kappa shape index (κ2) is 15.6. The van der Waals surface area contributed by atoms with Crippen molar-refractivity contribution in [3.63, 3.8) is 0 Å². The molecule has 0 aromatic heterocycles. The molecular weight excluding hydrogens is 350 g/mol. The van der Waals surface area contributed by atoms with Crippen molar-refractivity contribution in [3.05, 3.63) is 0 Å². The van der Waals surface area contributed by atoms with E-state index in [1.807, 2.05) is 0 Å². The van der Waals surface area contributed by atoms with E-state index in [-0.39, 0.29) is 23.1 Å². The Kier molecular flexibility index (Phi) is 17.8. The molecule has 0 fully saturated rings. The Morgan fingerprint density at radius 2 is 1.29 bits per heavy atom. The molecule has 0 aliphatic rings. The lowest BCUT2D eigenvalue weighted by Gasteiger charge is -2.31. The van der Waals surface area contributed by atoms with Gasteiger partial charge in [-0.15, -0.1) is 11.6 Å². The lowest BCUT2D eigenvalue weighted by Crippen LogP contribution is -3.00. The average Bonchev–Trinajstić information content (AvgIpc) is 2.40. The number of quaternary nitrogens is 1. The summed E-state index contributed by atoms with van der Waals surface area (Å²) >= 11 is 5.66. The highest BCUT2D eigenvalue weighted by Crippen LogP contribution is 2.12. The molecule has 4 heteroatoms. The predicted molar refractivity (Wildman–Crippen MR) is 90.4 cm³/mol. The van der Waals surface area contributed by atoms with Gasteiger partial charge in [-0.25, -0.2) is 0 Å². The Morgan fingerprint density at radius 3 is 1.71 bits per heavy atom. The highest BCUT2D eigenvalue weighted by Gasteiger charge is 2.19. The van der Waals surface area contributed by atoms with Crippen molar-refractivity contribution >= 4 is 11.6 Å². The molecule has 0 saturated carbocycles. The van der Waals surface area contributed by atoms with Gasteiger partial charge in [0.05, 0.1) is 26.5 Å². The van der Waals surface area contributed by atoms with Crippen molar-refractivity contribution in [3.8, 4) is 0 Å². The molecule has 0 aromatic rings.